The van der Waals surface area contributed by atoms with E-state index < -0.39 is 5.97 Å². The van der Waals surface area contributed by atoms with Crippen LogP contribution in [0.5, 0.6) is 0 Å². The largest absolute Gasteiger partial charge is 0.481 e. The summed E-state index contributed by atoms with van der Waals surface area (Å²) in [7, 11) is 0. The molecular formula is C10H19NO4. The minimum absolute atomic E-state index is 0.00238. The van der Waals surface area contributed by atoms with Gasteiger partial charge in [-0.25, -0.2) is 5.48 Å². The van der Waals surface area contributed by atoms with Gasteiger partial charge in [0, 0.05) is 12.8 Å². The smallest absolute Gasteiger partial charge is 0.303 e. The molecule has 1 amide bonds. The van der Waals surface area contributed by atoms with Gasteiger partial charge in [-0.15, -0.1) is 0 Å². The van der Waals surface area contributed by atoms with E-state index >= 15 is 0 Å². The van der Waals surface area contributed by atoms with Gasteiger partial charge in [0.2, 0.25) is 5.91 Å². The summed E-state index contributed by atoms with van der Waals surface area (Å²) in [5.41, 5.74) is 2.29. The van der Waals surface area contributed by atoms with Crippen molar-refractivity contribution < 1.29 is 19.5 Å². The van der Waals surface area contributed by atoms with E-state index in [1.807, 2.05) is 13.8 Å². The Morgan fingerprint density at radius 1 is 1.27 bits per heavy atom. The molecule has 0 aromatic rings. The number of hydrogen-bond acceptors (Lipinski definition) is 3. The Kier molecular flexibility index (Phi) is 6.70. The van der Waals surface area contributed by atoms with E-state index in [-0.39, 0.29) is 24.7 Å². The average Bonchev–Trinajstić information content (AvgIpc) is 2.00. The molecule has 1 unspecified atom stereocenters. The fraction of sp³-hybridized carbons (Fsp3) is 0.800. The first-order chi connectivity index (χ1) is 6.91. The zero-order valence-corrected chi connectivity index (χ0v) is 9.45. The second kappa shape index (κ2) is 7.23. The lowest BCUT2D eigenvalue weighted by molar-refractivity contribution is -0.139. The third kappa shape index (κ3) is 9.21. The van der Waals surface area contributed by atoms with Gasteiger partial charge in [0.05, 0.1) is 6.61 Å². The van der Waals surface area contributed by atoms with Crippen LogP contribution in [0.25, 0.3) is 0 Å². The Balaban J connectivity index is 3.60. The molecule has 0 rings (SSSR count). The van der Waals surface area contributed by atoms with Crippen LogP contribution in [0.3, 0.4) is 0 Å². The van der Waals surface area contributed by atoms with Crippen molar-refractivity contribution in [2.75, 3.05) is 6.61 Å². The van der Waals surface area contributed by atoms with Gasteiger partial charge in [-0.1, -0.05) is 20.8 Å². The molecule has 88 valence electrons. The van der Waals surface area contributed by atoms with Crippen molar-refractivity contribution in [3.63, 3.8) is 0 Å². The SMILES string of the molecule is CC(C)CONC(=O)CC(C)CC(=O)O. The monoisotopic (exact) mass is 217 g/mol. The molecule has 0 aromatic heterocycles. The predicted octanol–water partition coefficient (Wildman–Crippen LogP) is 1.19. The number of nitrogens with one attached hydrogen (secondary N) is 1. The zero-order chi connectivity index (χ0) is 11.8. The third-order valence-electron chi connectivity index (χ3n) is 1.66. The summed E-state index contributed by atoms with van der Waals surface area (Å²) in [5.74, 6) is -0.991. The average molecular weight is 217 g/mol. The molecular weight excluding hydrogens is 198 g/mol. The van der Waals surface area contributed by atoms with Crippen molar-refractivity contribution in [2.24, 2.45) is 11.8 Å². The van der Waals surface area contributed by atoms with Crippen molar-refractivity contribution in [3.05, 3.63) is 0 Å². The minimum Gasteiger partial charge on any atom is -0.481 e. The van der Waals surface area contributed by atoms with Gasteiger partial charge in [-0.05, 0) is 11.8 Å². The van der Waals surface area contributed by atoms with Crippen molar-refractivity contribution >= 4 is 11.9 Å². The molecule has 0 saturated carbocycles. The maximum atomic E-state index is 11.2. The number of aliphatic carboxylic acids is 1. The Bertz CT molecular complexity index is 215. The van der Waals surface area contributed by atoms with Crippen LogP contribution in [0, 0.1) is 11.8 Å². The van der Waals surface area contributed by atoms with Crippen LogP contribution in [0.4, 0.5) is 0 Å². The molecule has 2 N–H and O–H groups in total. The lowest BCUT2D eigenvalue weighted by atomic mass is 10.0. The molecule has 0 aliphatic carbocycles. The van der Waals surface area contributed by atoms with Crippen LogP contribution >= 0.6 is 0 Å². The molecule has 1 atom stereocenters. The lowest BCUT2D eigenvalue weighted by Gasteiger charge is -2.10. The Morgan fingerprint density at radius 2 is 1.87 bits per heavy atom. The number of hydroxylamine groups is 1. The molecule has 0 heterocycles. The Labute approximate surface area is 89.8 Å². The van der Waals surface area contributed by atoms with Gasteiger partial charge < -0.3 is 5.11 Å². The van der Waals surface area contributed by atoms with Crippen LogP contribution in [0.2, 0.25) is 0 Å². The second-order valence-corrected chi connectivity index (χ2v) is 4.14. The van der Waals surface area contributed by atoms with Crippen molar-refractivity contribution in [3.8, 4) is 0 Å². The van der Waals surface area contributed by atoms with Gasteiger partial charge in [0.1, 0.15) is 0 Å². The number of carboxylic acids is 1. The first-order valence-electron chi connectivity index (χ1n) is 5.04. The van der Waals surface area contributed by atoms with Crippen molar-refractivity contribution in [1.82, 2.24) is 5.48 Å². The first-order valence-corrected chi connectivity index (χ1v) is 5.04. The standard InChI is InChI=1S/C10H19NO4/c1-7(2)6-15-11-9(12)4-8(3)5-10(13)14/h7-8H,4-6H2,1-3H3,(H,11,12)(H,13,14). The molecule has 0 aliphatic rings. The highest BCUT2D eigenvalue weighted by atomic mass is 16.6. The highest BCUT2D eigenvalue weighted by Crippen LogP contribution is 2.06. The number of amides is 1. The Morgan fingerprint density at radius 3 is 2.33 bits per heavy atom. The van der Waals surface area contributed by atoms with Crippen LogP contribution in [0.1, 0.15) is 33.6 Å². The molecule has 0 bridgehead atoms. The summed E-state index contributed by atoms with van der Waals surface area (Å²) < 4.78 is 0. The zero-order valence-electron chi connectivity index (χ0n) is 9.45. The topological polar surface area (TPSA) is 75.6 Å². The molecule has 5 nitrogen and oxygen atoms in total. The lowest BCUT2D eigenvalue weighted by Crippen LogP contribution is -2.27. The van der Waals surface area contributed by atoms with Crippen LogP contribution in [0.15, 0.2) is 0 Å². The van der Waals surface area contributed by atoms with Gasteiger partial charge in [-0.3, -0.25) is 14.4 Å². The van der Waals surface area contributed by atoms with Crippen LogP contribution in [-0.4, -0.2) is 23.6 Å². The molecule has 0 saturated heterocycles. The van der Waals surface area contributed by atoms with Crippen LogP contribution in [-0.2, 0) is 14.4 Å². The molecule has 15 heavy (non-hydrogen) atoms. The maximum Gasteiger partial charge on any atom is 0.303 e. The normalized spacial score (nSPS) is 12.5. The van der Waals surface area contributed by atoms with Crippen molar-refractivity contribution in [1.29, 1.82) is 0 Å². The number of carboxylic acid groups (broad SMARTS) is 1. The van der Waals surface area contributed by atoms with Crippen molar-refractivity contribution in [2.45, 2.75) is 33.6 Å². The number of hydrogen-bond donors (Lipinski definition) is 2. The molecule has 0 spiro atoms. The third-order valence-corrected chi connectivity index (χ3v) is 1.66. The molecule has 5 heteroatoms. The number of rotatable bonds is 7. The predicted molar refractivity (Wildman–Crippen MR) is 55.0 cm³/mol. The maximum absolute atomic E-state index is 11.2. The summed E-state index contributed by atoms with van der Waals surface area (Å²) >= 11 is 0. The number of carbonyl (C=O) groups is 2. The second-order valence-electron chi connectivity index (χ2n) is 4.14. The number of carbonyl (C=O) groups excluding carboxylic acids is 1. The Hall–Kier alpha value is -1.10. The van der Waals surface area contributed by atoms with Gasteiger partial charge in [0.25, 0.3) is 0 Å². The fourth-order valence-electron chi connectivity index (χ4n) is 1.02. The highest BCUT2D eigenvalue weighted by molar-refractivity contribution is 5.76. The van der Waals surface area contributed by atoms with E-state index in [1.54, 1.807) is 6.92 Å². The van der Waals surface area contributed by atoms with Crippen LogP contribution < -0.4 is 5.48 Å². The summed E-state index contributed by atoms with van der Waals surface area (Å²) in [5, 5.41) is 8.48. The summed E-state index contributed by atoms with van der Waals surface area (Å²) in [6, 6.07) is 0. The minimum atomic E-state index is -0.890. The van der Waals surface area contributed by atoms with E-state index in [0.717, 1.165) is 0 Å². The quantitative estimate of drug-likeness (QED) is 0.628. The fourth-order valence-corrected chi connectivity index (χ4v) is 1.02. The summed E-state index contributed by atoms with van der Waals surface area (Å²) in [4.78, 5) is 26.4. The molecule has 0 radical (unpaired) electrons. The van der Waals surface area contributed by atoms with E-state index in [0.29, 0.717) is 12.5 Å². The van der Waals surface area contributed by atoms with Gasteiger partial charge in [0.15, 0.2) is 0 Å². The van der Waals surface area contributed by atoms with Gasteiger partial charge >= 0.3 is 5.97 Å². The molecule has 0 aromatic carbocycles. The summed E-state index contributed by atoms with van der Waals surface area (Å²) in [6.45, 7) is 6.12. The van der Waals surface area contributed by atoms with E-state index in [1.165, 1.54) is 0 Å². The first kappa shape index (κ1) is 13.9. The molecule has 0 aliphatic heterocycles. The van der Waals surface area contributed by atoms with E-state index in [2.05, 4.69) is 5.48 Å². The highest BCUT2D eigenvalue weighted by Gasteiger charge is 2.12. The van der Waals surface area contributed by atoms with E-state index in [9.17, 15) is 9.59 Å². The molecule has 0 fully saturated rings. The van der Waals surface area contributed by atoms with Gasteiger partial charge in [-0.2, -0.15) is 0 Å². The van der Waals surface area contributed by atoms with E-state index in [4.69, 9.17) is 9.94 Å². The summed E-state index contributed by atoms with van der Waals surface area (Å²) in [6.07, 6.45) is 0.169.